The average molecular weight is 311 g/mol. The van der Waals surface area contributed by atoms with E-state index in [2.05, 4.69) is 11.1 Å². The smallest absolute Gasteiger partial charge is 0.161 e. The molecule has 0 saturated heterocycles. The second-order valence-electron chi connectivity index (χ2n) is 5.43. The molecular formula is C18H15F2N3. The lowest BCUT2D eigenvalue weighted by Gasteiger charge is -2.09. The Hall–Kier alpha value is -2.74. The molecule has 0 N–H and O–H groups in total. The Bertz CT molecular complexity index is 889. The largest absolute Gasteiger partial charge is 0.323 e. The second-order valence-corrected chi connectivity index (χ2v) is 5.43. The molecule has 0 fully saturated rings. The minimum atomic E-state index is -0.886. The number of benzene rings is 2. The molecule has 3 aromatic rings. The van der Waals surface area contributed by atoms with Crippen LogP contribution in [0.15, 0.2) is 36.4 Å². The van der Waals surface area contributed by atoms with Crippen LogP contribution in [0.2, 0.25) is 0 Å². The number of imidazole rings is 1. The zero-order chi connectivity index (χ0) is 16.4. The monoisotopic (exact) mass is 311 g/mol. The Labute approximate surface area is 132 Å². The van der Waals surface area contributed by atoms with Crippen LogP contribution in [0.4, 0.5) is 8.78 Å². The number of halogens is 2. The first-order chi connectivity index (χ1) is 11.1. The maximum Gasteiger partial charge on any atom is 0.161 e. The van der Waals surface area contributed by atoms with Gasteiger partial charge >= 0.3 is 0 Å². The molecule has 1 aromatic heterocycles. The van der Waals surface area contributed by atoms with Crippen LogP contribution < -0.4 is 0 Å². The van der Waals surface area contributed by atoms with Crippen molar-refractivity contribution in [1.82, 2.24) is 9.55 Å². The van der Waals surface area contributed by atoms with Gasteiger partial charge in [-0.3, -0.25) is 0 Å². The SMILES string of the molecule is CCCc1nc2cc(F)c(F)cc2n1Cc1ccc(C#N)cc1. The lowest BCUT2D eigenvalue weighted by atomic mass is 10.1. The van der Waals surface area contributed by atoms with Gasteiger partial charge in [0.1, 0.15) is 5.82 Å². The minimum absolute atomic E-state index is 0.459. The Kier molecular flexibility index (Phi) is 4.07. The van der Waals surface area contributed by atoms with Crippen molar-refractivity contribution in [2.75, 3.05) is 0 Å². The molecule has 0 atom stereocenters. The lowest BCUT2D eigenvalue weighted by molar-refractivity contribution is 0.510. The number of hydrogen-bond acceptors (Lipinski definition) is 2. The predicted molar refractivity (Wildman–Crippen MR) is 83.9 cm³/mol. The van der Waals surface area contributed by atoms with Crippen LogP contribution in [0.5, 0.6) is 0 Å². The number of fused-ring (bicyclic) bond motifs is 1. The van der Waals surface area contributed by atoms with Crippen molar-refractivity contribution in [1.29, 1.82) is 5.26 Å². The minimum Gasteiger partial charge on any atom is -0.323 e. The Balaban J connectivity index is 2.07. The molecule has 0 amide bonds. The Morgan fingerprint density at radius 1 is 1.13 bits per heavy atom. The first kappa shape index (κ1) is 15.2. The molecule has 116 valence electrons. The lowest BCUT2D eigenvalue weighted by Crippen LogP contribution is -2.05. The van der Waals surface area contributed by atoms with E-state index in [0.29, 0.717) is 23.1 Å². The van der Waals surface area contributed by atoms with E-state index in [1.165, 1.54) is 6.07 Å². The third-order valence-corrected chi connectivity index (χ3v) is 3.77. The highest BCUT2D eigenvalue weighted by Gasteiger charge is 2.14. The van der Waals surface area contributed by atoms with Crippen molar-refractivity contribution in [3.8, 4) is 6.07 Å². The maximum atomic E-state index is 13.6. The van der Waals surface area contributed by atoms with Crippen LogP contribution in [-0.4, -0.2) is 9.55 Å². The number of hydrogen-bond donors (Lipinski definition) is 0. The summed E-state index contributed by atoms with van der Waals surface area (Å²) in [6.45, 7) is 2.54. The molecule has 0 aliphatic heterocycles. The van der Waals surface area contributed by atoms with Gasteiger partial charge in [0.2, 0.25) is 0 Å². The molecule has 5 heteroatoms. The molecule has 0 unspecified atom stereocenters. The fourth-order valence-corrected chi connectivity index (χ4v) is 2.63. The number of aromatic nitrogens is 2. The zero-order valence-corrected chi connectivity index (χ0v) is 12.7. The molecule has 0 aliphatic carbocycles. The summed E-state index contributed by atoms with van der Waals surface area (Å²) in [4.78, 5) is 4.44. The van der Waals surface area contributed by atoms with Crippen LogP contribution in [-0.2, 0) is 13.0 Å². The molecule has 0 bridgehead atoms. The maximum absolute atomic E-state index is 13.6. The highest BCUT2D eigenvalue weighted by molar-refractivity contribution is 5.76. The molecule has 0 radical (unpaired) electrons. The van der Waals surface area contributed by atoms with Crippen LogP contribution in [0.25, 0.3) is 11.0 Å². The number of rotatable bonds is 4. The summed E-state index contributed by atoms with van der Waals surface area (Å²) in [5.74, 6) is -0.957. The first-order valence-corrected chi connectivity index (χ1v) is 7.45. The van der Waals surface area contributed by atoms with E-state index in [1.807, 2.05) is 23.6 Å². The third-order valence-electron chi connectivity index (χ3n) is 3.77. The van der Waals surface area contributed by atoms with Gasteiger partial charge in [0.15, 0.2) is 11.6 Å². The molecule has 0 spiro atoms. The molecule has 3 rings (SSSR count). The summed E-state index contributed by atoms with van der Waals surface area (Å²) < 4.78 is 28.9. The van der Waals surface area contributed by atoms with Gasteiger partial charge in [-0.25, -0.2) is 13.8 Å². The summed E-state index contributed by atoms with van der Waals surface area (Å²) in [6, 6.07) is 11.6. The number of nitriles is 1. The van der Waals surface area contributed by atoms with Crippen molar-refractivity contribution in [3.05, 3.63) is 65.0 Å². The van der Waals surface area contributed by atoms with Crippen LogP contribution in [0.1, 0.15) is 30.3 Å². The zero-order valence-electron chi connectivity index (χ0n) is 12.7. The third kappa shape index (κ3) is 2.93. The molecular weight excluding hydrogens is 296 g/mol. The van der Waals surface area contributed by atoms with Gasteiger partial charge in [0, 0.05) is 25.1 Å². The van der Waals surface area contributed by atoms with Crippen molar-refractivity contribution in [3.63, 3.8) is 0 Å². The molecule has 23 heavy (non-hydrogen) atoms. The van der Waals surface area contributed by atoms with E-state index in [9.17, 15) is 8.78 Å². The van der Waals surface area contributed by atoms with Gasteiger partial charge in [-0.05, 0) is 24.1 Å². The van der Waals surface area contributed by atoms with Gasteiger partial charge in [-0.15, -0.1) is 0 Å². The summed E-state index contributed by atoms with van der Waals surface area (Å²) in [6.07, 6.45) is 1.62. The average Bonchev–Trinajstić information content (AvgIpc) is 2.86. The van der Waals surface area contributed by atoms with Gasteiger partial charge in [0.05, 0.1) is 22.7 Å². The topological polar surface area (TPSA) is 41.6 Å². The first-order valence-electron chi connectivity index (χ1n) is 7.45. The van der Waals surface area contributed by atoms with E-state index >= 15 is 0 Å². The summed E-state index contributed by atoms with van der Waals surface area (Å²) in [5.41, 5.74) is 2.61. The van der Waals surface area contributed by atoms with Gasteiger partial charge in [-0.2, -0.15) is 5.26 Å². The van der Waals surface area contributed by atoms with Crippen LogP contribution >= 0.6 is 0 Å². The van der Waals surface area contributed by atoms with Gasteiger partial charge in [0.25, 0.3) is 0 Å². The summed E-state index contributed by atoms with van der Waals surface area (Å²) >= 11 is 0. The molecule has 1 heterocycles. The van der Waals surface area contributed by atoms with E-state index in [0.717, 1.165) is 30.3 Å². The van der Waals surface area contributed by atoms with Crippen LogP contribution in [0.3, 0.4) is 0 Å². The van der Waals surface area contributed by atoms with Crippen LogP contribution in [0, 0.1) is 23.0 Å². The summed E-state index contributed by atoms with van der Waals surface area (Å²) in [5, 5.41) is 8.85. The van der Waals surface area contributed by atoms with E-state index < -0.39 is 11.6 Å². The standard InChI is InChI=1S/C18H15F2N3/c1-2-3-18-22-16-8-14(19)15(20)9-17(16)23(18)11-13-6-4-12(10-21)5-7-13/h4-9H,2-3,11H2,1H3. The van der Waals surface area contributed by atoms with Crippen molar-refractivity contribution in [2.45, 2.75) is 26.3 Å². The van der Waals surface area contributed by atoms with Crippen molar-refractivity contribution >= 4 is 11.0 Å². The number of nitrogens with zero attached hydrogens (tertiary/aromatic N) is 3. The molecule has 0 aliphatic rings. The second kappa shape index (κ2) is 6.17. The Morgan fingerprint density at radius 3 is 2.48 bits per heavy atom. The Morgan fingerprint density at radius 2 is 1.83 bits per heavy atom. The summed E-state index contributed by atoms with van der Waals surface area (Å²) in [7, 11) is 0. The van der Waals surface area contributed by atoms with Crippen molar-refractivity contribution < 1.29 is 8.78 Å². The quantitative estimate of drug-likeness (QED) is 0.725. The highest BCUT2D eigenvalue weighted by atomic mass is 19.2. The van der Waals surface area contributed by atoms with Gasteiger partial charge in [-0.1, -0.05) is 19.1 Å². The fraction of sp³-hybridized carbons (Fsp3) is 0.222. The van der Waals surface area contributed by atoms with Crippen molar-refractivity contribution in [2.24, 2.45) is 0 Å². The predicted octanol–water partition coefficient (Wildman–Crippen LogP) is 4.19. The molecule has 3 nitrogen and oxygen atoms in total. The van der Waals surface area contributed by atoms with Gasteiger partial charge < -0.3 is 4.57 Å². The normalized spacial score (nSPS) is 10.9. The van der Waals surface area contributed by atoms with E-state index in [-0.39, 0.29) is 0 Å². The highest BCUT2D eigenvalue weighted by Crippen LogP contribution is 2.22. The fourth-order valence-electron chi connectivity index (χ4n) is 2.63. The molecule has 0 saturated carbocycles. The molecule has 2 aromatic carbocycles. The number of aryl methyl sites for hydroxylation is 1. The van der Waals surface area contributed by atoms with E-state index in [1.54, 1.807) is 12.1 Å². The van der Waals surface area contributed by atoms with E-state index in [4.69, 9.17) is 5.26 Å².